The molecule has 0 saturated heterocycles. The summed E-state index contributed by atoms with van der Waals surface area (Å²) in [4.78, 5) is 0. The molecule has 0 aliphatic heterocycles. The summed E-state index contributed by atoms with van der Waals surface area (Å²) in [5.41, 5.74) is 0.340. The van der Waals surface area contributed by atoms with Crippen LogP contribution in [-0.4, -0.2) is 11.7 Å². The second-order valence-corrected chi connectivity index (χ2v) is 6.03. The van der Waals surface area contributed by atoms with Gasteiger partial charge in [-0.1, -0.05) is 26.7 Å². The number of hydrogen-bond donors (Lipinski definition) is 1. The van der Waals surface area contributed by atoms with Crippen molar-refractivity contribution in [2.24, 2.45) is 23.2 Å². The summed E-state index contributed by atoms with van der Waals surface area (Å²) < 4.78 is 0. The SMILES string of the molecule is CC(C)CCC1(CO)CC2CCC1C2. The highest BCUT2D eigenvalue weighted by Crippen LogP contribution is 2.57. The predicted octanol–water partition coefficient (Wildman–Crippen LogP) is 3.22. The summed E-state index contributed by atoms with van der Waals surface area (Å²) in [6, 6.07) is 0. The van der Waals surface area contributed by atoms with Gasteiger partial charge < -0.3 is 5.11 Å². The minimum absolute atomic E-state index is 0.340. The molecule has 2 aliphatic rings. The minimum Gasteiger partial charge on any atom is -0.396 e. The molecule has 0 spiro atoms. The van der Waals surface area contributed by atoms with E-state index in [-0.39, 0.29) is 0 Å². The lowest BCUT2D eigenvalue weighted by molar-refractivity contribution is 0.0510. The Bertz CT molecular complexity index is 199. The van der Waals surface area contributed by atoms with Crippen LogP contribution in [-0.2, 0) is 0 Å². The summed E-state index contributed by atoms with van der Waals surface area (Å²) in [5.74, 6) is 2.60. The van der Waals surface area contributed by atoms with Crippen LogP contribution < -0.4 is 0 Å². The lowest BCUT2D eigenvalue weighted by Crippen LogP contribution is -2.32. The quantitative estimate of drug-likeness (QED) is 0.732. The first-order chi connectivity index (χ1) is 6.66. The molecule has 14 heavy (non-hydrogen) atoms. The molecule has 3 atom stereocenters. The summed E-state index contributed by atoms with van der Waals surface area (Å²) in [6.07, 6.45) is 8.13. The molecule has 2 saturated carbocycles. The van der Waals surface area contributed by atoms with E-state index in [0.717, 1.165) is 17.8 Å². The second-order valence-electron chi connectivity index (χ2n) is 6.03. The van der Waals surface area contributed by atoms with Crippen molar-refractivity contribution in [3.63, 3.8) is 0 Å². The summed E-state index contributed by atoms with van der Waals surface area (Å²) in [5, 5.41) is 9.65. The number of fused-ring (bicyclic) bond motifs is 2. The van der Waals surface area contributed by atoms with Crippen molar-refractivity contribution in [3.05, 3.63) is 0 Å². The molecule has 3 unspecified atom stereocenters. The zero-order chi connectivity index (χ0) is 10.2. The monoisotopic (exact) mass is 196 g/mol. The zero-order valence-electron chi connectivity index (χ0n) is 9.63. The van der Waals surface area contributed by atoms with E-state index in [1.54, 1.807) is 0 Å². The highest BCUT2D eigenvalue weighted by atomic mass is 16.3. The average Bonchev–Trinajstić information content (AvgIpc) is 2.74. The molecule has 0 heterocycles. The van der Waals surface area contributed by atoms with Gasteiger partial charge in [0.2, 0.25) is 0 Å². The highest BCUT2D eigenvalue weighted by molar-refractivity contribution is 4.99. The van der Waals surface area contributed by atoms with Crippen LogP contribution in [0.2, 0.25) is 0 Å². The molecule has 1 heteroatoms. The Balaban J connectivity index is 1.97. The van der Waals surface area contributed by atoms with Gasteiger partial charge in [-0.05, 0) is 48.9 Å². The van der Waals surface area contributed by atoms with Gasteiger partial charge in [-0.3, -0.25) is 0 Å². The highest BCUT2D eigenvalue weighted by Gasteiger charge is 2.49. The molecule has 2 rings (SSSR count). The maximum Gasteiger partial charge on any atom is 0.0490 e. The molecule has 0 amide bonds. The molecule has 2 aliphatic carbocycles. The van der Waals surface area contributed by atoms with Gasteiger partial charge in [0, 0.05) is 6.61 Å². The Hall–Kier alpha value is -0.0400. The number of aliphatic hydroxyl groups is 1. The van der Waals surface area contributed by atoms with E-state index in [1.807, 2.05) is 0 Å². The van der Waals surface area contributed by atoms with E-state index in [2.05, 4.69) is 13.8 Å². The molecular formula is C13H24O. The number of aliphatic hydroxyl groups excluding tert-OH is 1. The third-order valence-electron chi connectivity index (χ3n) is 4.64. The fourth-order valence-corrected chi connectivity index (χ4v) is 3.71. The Labute approximate surface area is 87.9 Å². The third kappa shape index (κ3) is 1.71. The van der Waals surface area contributed by atoms with E-state index in [4.69, 9.17) is 0 Å². The van der Waals surface area contributed by atoms with Crippen molar-refractivity contribution in [3.8, 4) is 0 Å². The Kier molecular flexibility index (Phi) is 2.88. The van der Waals surface area contributed by atoms with E-state index < -0.39 is 0 Å². The third-order valence-corrected chi connectivity index (χ3v) is 4.64. The van der Waals surface area contributed by atoms with E-state index in [0.29, 0.717) is 12.0 Å². The molecule has 0 aromatic rings. The molecule has 0 radical (unpaired) electrons. The fourth-order valence-electron chi connectivity index (χ4n) is 3.71. The first-order valence-electron chi connectivity index (χ1n) is 6.27. The molecule has 1 nitrogen and oxygen atoms in total. The Morgan fingerprint density at radius 2 is 2.14 bits per heavy atom. The number of hydrogen-bond acceptors (Lipinski definition) is 1. The summed E-state index contributed by atoms with van der Waals surface area (Å²) >= 11 is 0. The van der Waals surface area contributed by atoms with Gasteiger partial charge in [-0.2, -0.15) is 0 Å². The zero-order valence-corrected chi connectivity index (χ0v) is 9.63. The maximum atomic E-state index is 9.65. The van der Waals surface area contributed by atoms with Crippen molar-refractivity contribution >= 4 is 0 Å². The lowest BCUT2D eigenvalue weighted by Gasteiger charge is -2.36. The van der Waals surface area contributed by atoms with Crippen molar-refractivity contribution in [2.75, 3.05) is 6.61 Å². The van der Waals surface area contributed by atoms with Crippen LogP contribution >= 0.6 is 0 Å². The van der Waals surface area contributed by atoms with Gasteiger partial charge in [0.25, 0.3) is 0 Å². The van der Waals surface area contributed by atoms with E-state index in [9.17, 15) is 5.11 Å². The molecule has 2 fully saturated rings. The largest absolute Gasteiger partial charge is 0.396 e. The first-order valence-corrected chi connectivity index (χ1v) is 6.27. The predicted molar refractivity (Wildman–Crippen MR) is 59.0 cm³/mol. The van der Waals surface area contributed by atoms with Gasteiger partial charge in [-0.15, -0.1) is 0 Å². The van der Waals surface area contributed by atoms with Gasteiger partial charge in [0.1, 0.15) is 0 Å². The summed E-state index contributed by atoms with van der Waals surface area (Å²) in [6.45, 7) is 5.03. The lowest BCUT2D eigenvalue weighted by atomic mass is 9.70. The molecule has 0 aromatic carbocycles. The van der Waals surface area contributed by atoms with Crippen molar-refractivity contribution < 1.29 is 5.11 Å². The molecule has 2 bridgehead atoms. The van der Waals surface area contributed by atoms with Crippen molar-refractivity contribution in [1.29, 1.82) is 0 Å². The van der Waals surface area contributed by atoms with Crippen LogP contribution in [0.3, 0.4) is 0 Å². The maximum absolute atomic E-state index is 9.65. The standard InChI is InChI=1S/C13H24O/c1-10(2)5-6-13(9-14)8-11-3-4-12(13)7-11/h10-12,14H,3-9H2,1-2H3. The topological polar surface area (TPSA) is 20.2 Å². The Morgan fingerprint density at radius 1 is 1.36 bits per heavy atom. The second kappa shape index (κ2) is 3.84. The average molecular weight is 196 g/mol. The van der Waals surface area contributed by atoms with Gasteiger partial charge in [-0.25, -0.2) is 0 Å². The first kappa shape index (κ1) is 10.5. The molecular weight excluding hydrogens is 172 g/mol. The van der Waals surface area contributed by atoms with Gasteiger partial charge in [0.05, 0.1) is 0 Å². The van der Waals surface area contributed by atoms with Gasteiger partial charge >= 0.3 is 0 Å². The van der Waals surface area contributed by atoms with E-state index >= 15 is 0 Å². The smallest absolute Gasteiger partial charge is 0.0490 e. The molecule has 0 aromatic heterocycles. The van der Waals surface area contributed by atoms with Crippen LogP contribution in [0, 0.1) is 23.2 Å². The van der Waals surface area contributed by atoms with Crippen LogP contribution in [0.15, 0.2) is 0 Å². The Morgan fingerprint density at radius 3 is 2.57 bits per heavy atom. The van der Waals surface area contributed by atoms with Crippen molar-refractivity contribution in [1.82, 2.24) is 0 Å². The van der Waals surface area contributed by atoms with Crippen LogP contribution in [0.5, 0.6) is 0 Å². The van der Waals surface area contributed by atoms with E-state index in [1.165, 1.54) is 38.5 Å². The molecule has 1 N–H and O–H groups in total. The normalized spacial score (nSPS) is 41.1. The van der Waals surface area contributed by atoms with Crippen molar-refractivity contribution in [2.45, 2.75) is 52.4 Å². The number of rotatable bonds is 4. The van der Waals surface area contributed by atoms with Crippen LogP contribution in [0.1, 0.15) is 52.4 Å². The van der Waals surface area contributed by atoms with Gasteiger partial charge in [0.15, 0.2) is 0 Å². The van der Waals surface area contributed by atoms with Crippen LogP contribution in [0.25, 0.3) is 0 Å². The van der Waals surface area contributed by atoms with Crippen LogP contribution in [0.4, 0.5) is 0 Å². The molecule has 82 valence electrons. The summed E-state index contributed by atoms with van der Waals surface area (Å²) in [7, 11) is 0. The minimum atomic E-state index is 0.340. The fraction of sp³-hybridized carbons (Fsp3) is 1.00.